The lowest BCUT2D eigenvalue weighted by molar-refractivity contribution is 0.0368. The van der Waals surface area contributed by atoms with E-state index in [0.29, 0.717) is 10.1 Å². The van der Waals surface area contributed by atoms with E-state index in [9.17, 15) is 0 Å². The highest BCUT2D eigenvalue weighted by Crippen LogP contribution is 2.23. The third-order valence-corrected chi connectivity index (χ3v) is 5.86. The number of nitrogens with zero attached hydrogens (tertiary/aromatic N) is 2. The van der Waals surface area contributed by atoms with Crippen molar-refractivity contribution in [3.8, 4) is 5.75 Å². The number of benzene rings is 2. The van der Waals surface area contributed by atoms with Gasteiger partial charge in [0, 0.05) is 32.7 Å². The summed E-state index contributed by atoms with van der Waals surface area (Å²) in [5.74, 6) is 0.852. The van der Waals surface area contributed by atoms with Gasteiger partial charge in [0.25, 0.3) is 0 Å². The van der Waals surface area contributed by atoms with Gasteiger partial charge in [-0.15, -0.1) is 0 Å². The fourth-order valence-corrected chi connectivity index (χ4v) is 3.98. The van der Waals surface area contributed by atoms with Crippen molar-refractivity contribution in [2.75, 3.05) is 51.8 Å². The van der Waals surface area contributed by atoms with E-state index in [2.05, 4.69) is 27.2 Å². The van der Waals surface area contributed by atoms with Crippen molar-refractivity contribution in [2.45, 2.75) is 19.9 Å². The second kappa shape index (κ2) is 11.5. The minimum Gasteiger partial charge on any atom is -0.497 e. The van der Waals surface area contributed by atoms with Gasteiger partial charge >= 0.3 is 0 Å². The van der Waals surface area contributed by atoms with Crippen molar-refractivity contribution in [3.05, 3.63) is 58.6 Å². The van der Waals surface area contributed by atoms with Crippen molar-refractivity contribution in [3.63, 3.8) is 0 Å². The molecule has 0 unspecified atom stereocenters. The number of hydrogen-bond donors (Lipinski definition) is 1. The lowest BCUT2D eigenvalue weighted by Gasteiger charge is -2.30. The van der Waals surface area contributed by atoms with Crippen molar-refractivity contribution >= 4 is 34.6 Å². The minimum atomic E-state index is 0.676. The number of morpholine rings is 1. The summed E-state index contributed by atoms with van der Waals surface area (Å²) < 4.78 is 10.7. The molecule has 1 fully saturated rings. The van der Waals surface area contributed by atoms with Gasteiger partial charge in [-0.25, -0.2) is 0 Å². The van der Waals surface area contributed by atoms with Crippen LogP contribution in [0.15, 0.2) is 42.5 Å². The molecule has 1 aliphatic heterocycles. The van der Waals surface area contributed by atoms with Gasteiger partial charge in [-0.2, -0.15) is 0 Å². The van der Waals surface area contributed by atoms with Crippen LogP contribution in [0, 0.1) is 6.92 Å². The summed E-state index contributed by atoms with van der Waals surface area (Å²) in [4.78, 5) is 4.65. The Hall–Kier alpha value is -1.86. The Morgan fingerprint density at radius 1 is 1.20 bits per heavy atom. The molecule has 3 rings (SSSR count). The molecule has 0 atom stereocenters. The number of ether oxygens (including phenoxy) is 2. The maximum atomic E-state index is 6.40. The number of aryl methyl sites for hydroxylation is 1. The van der Waals surface area contributed by atoms with Crippen LogP contribution in [0.4, 0.5) is 5.69 Å². The second-order valence-electron chi connectivity index (χ2n) is 7.49. The van der Waals surface area contributed by atoms with Crippen LogP contribution >= 0.6 is 23.8 Å². The van der Waals surface area contributed by atoms with Gasteiger partial charge < -0.3 is 19.7 Å². The first-order valence-electron chi connectivity index (χ1n) is 10.3. The largest absolute Gasteiger partial charge is 0.497 e. The first kappa shape index (κ1) is 22.8. The molecule has 5 nitrogen and oxygen atoms in total. The van der Waals surface area contributed by atoms with Crippen LogP contribution < -0.4 is 10.1 Å². The zero-order chi connectivity index (χ0) is 21.3. The maximum absolute atomic E-state index is 6.40. The van der Waals surface area contributed by atoms with Crippen LogP contribution in [0.5, 0.6) is 5.75 Å². The highest BCUT2D eigenvalue weighted by Gasteiger charge is 2.15. The average Bonchev–Trinajstić information content (AvgIpc) is 2.76. The van der Waals surface area contributed by atoms with E-state index in [-0.39, 0.29) is 0 Å². The Morgan fingerprint density at radius 3 is 2.60 bits per heavy atom. The molecule has 1 heterocycles. The molecule has 2 aromatic rings. The Morgan fingerprint density at radius 2 is 1.93 bits per heavy atom. The summed E-state index contributed by atoms with van der Waals surface area (Å²) in [6.45, 7) is 8.29. The van der Waals surface area contributed by atoms with E-state index in [1.807, 2.05) is 37.3 Å². The van der Waals surface area contributed by atoms with Crippen LogP contribution in [-0.4, -0.2) is 61.4 Å². The smallest absolute Gasteiger partial charge is 0.173 e. The van der Waals surface area contributed by atoms with E-state index >= 15 is 0 Å². The highest BCUT2D eigenvalue weighted by atomic mass is 35.5. The molecule has 162 valence electrons. The van der Waals surface area contributed by atoms with Crippen molar-refractivity contribution in [1.82, 2.24) is 9.80 Å². The SMILES string of the molecule is COc1ccc(CN(CCCN2CCOCC2)C(=S)Nc2ccc(C)cc2Cl)cc1. The fourth-order valence-electron chi connectivity index (χ4n) is 3.43. The molecule has 0 aliphatic carbocycles. The number of rotatable bonds is 8. The lowest BCUT2D eigenvalue weighted by atomic mass is 10.2. The van der Waals surface area contributed by atoms with Crippen molar-refractivity contribution < 1.29 is 9.47 Å². The van der Waals surface area contributed by atoms with Crippen molar-refractivity contribution in [1.29, 1.82) is 0 Å². The highest BCUT2D eigenvalue weighted by molar-refractivity contribution is 7.80. The number of methoxy groups -OCH3 is 1. The quantitative estimate of drug-likeness (QED) is 0.597. The number of hydrogen-bond acceptors (Lipinski definition) is 4. The monoisotopic (exact) mass is 447 g/mol. The van der Waals surface area contributed by atoms with Crippen LogP contribution in [0.1, 0.15) is 17.5 Å². The summed E-state index contributed by atoms with van der Waals surface area (Å²) in [6, 6.07) is 14.1. The van der Waals surface area contributed by atoms with Gasteiger partial charge in [0.2, 0.25) is 0 Å². The zero-order valence-corrected chi connectivity index (χ0v) is 19.3. The van der Waals surface area contributed by atoms with Crippen molar-refractivity contribution in [2.24, 2.45) is 0 Å². The minimum absolute atomic E-state index is 0.676. The molecule has 30 heavy (non-hydrogen) atoms. The van der Waals surface area contributed by atoms with E-state index in [1.54, 1.807) is 7.11 Å². The third kappa shape index (κ3) is 6.84. The van der Waals surface area contributed by atoms with Gasteiger partial charge in [-0.05, 0) is 61.0 Å². The Balaban J connectivity index is 1.65. The predicted molar refractivity (Wildman–Crippen MR) is 128 cm³/mol. The number of nitrogens with one attached hydrogen (secondary N) is 1. The third-order valence-electron chi connectivity index (χ3n) is 5.19. The number of thiocarbonyl (C=S) groups is 1. The zero-order valence-electron chi connectivity index (χ0n) is 17.7. The van der Waals surface area contributed by atoms with Crippen LogP contribution in [0.3, 0.4) is 0 Å². The Labute approximate surface area is 189 Å². The van der Waals surface area contributed by atoms with Gasteiger partial charge in [-0.3, -0.25) is 4.90 Å². The molecule has 1 aliphatic rings. The van der Waals surface area contributed by atoms with E-state index in [1.165, 1.54) is 5.56 Å². The van der Waals surface area contributed by atoms with Crippen LogP contribution in [-0.2, 0) is 11.3 Å². The van der Waals surface area contributed by atoms with Gasteiger partial charge in [-0.1, -0.05) is 29.8 Å². The molecule has 0 saturated carbocycles. The number of anilines is 1. The molecule has 0 radical (unpaired) electrons. The molecule has 0 aromatic heterocycles. The molecule has 0 amide bonds. The first-order chi connectivity index (χ1) is 14.5. The van der Waals surface area contributed by atoms with E-state index in [0.717, 1.165) is 69.4 Å². The van der Waals surface area contributed by atoms with Gasteiger partial charge in [0.1, 0.15) is 5.75 Å². The molecule has 0 bridgehead atoms. The summed E-state index contributed by atoms with van der Waals surface area (Å²) in [5.41, 5.74) is 3.14. The van der Waals surface area contributed by atoms with Gasteiger partial charge in [0.15, 0.2) is 5.11 Å². The predicted octanol–water partition coefficient (Wildman–Crippen LogP) is 4.58. The molecular weight excluding hydrogens is 418 g/mol. The lowest BCUT2D eigenvalue weighted by Crippen LogP contribution is -2.40. The maximum Gasteiger partial charge on any atom is 0.173 e. The first-order valence-corrected chi connectivity index (χ1v) is 11.1. The standard InChI is InChI=1S/C23H30ClN3O2S/c1-18-4-9-22(21(24)16-18)25-23(30)27(11-3-10-26-12-14-29-15-13-26)17-19-5-7-20(28-2)8-6-19/h4-9,16H,3,10-15,17H2,1-2H3,(H,25,30). The molecule has 0 spiro atoms. The summed E-state index contributed by atoms with van der Waals surface area (Å²) in [6.07, 6.45) is 1.03. The number of halogens is 1. The fraction of sp³-hybridized carbons (Fsp3) is 0.435. The van der Waals surface area contributed by atoms with E-state index in [4.69, 9.17) is 33.3 Å². The second-order valence-corrected chi connectivity index (χ2v) is 8.28. The molecule has 2 aromatic carbocycles. The van der Waals surface area contributed by atoms with Gasteiger partial charge in [0.05, 0.1) is 31.0 Å². The molecule has 1 N–H and O–H groups in total. The summed E-state index contributed by atoms with van der Waals surface area (Å²) in [5, 5.41) is 4.69. The molecular formula is C23H30ClN3O2S. The Bertz CT molecular complexity index is 826. The molecule has 7 heteroatoms. The summed E-state index contributed by atoms with van der Waals surface area (Å²) >= 11 is 12.2. The van der Waals surface area contributed by atoms with E-state index < -0.39 is 0 Å². The van der Waals surface area contributed by atoms with Crippen LogP contribution in [0.2, 0.25) is 5.02 Å². The average molecular weight is 448 g/mol. The normalized spacial score (nSPS) is 14.4. The topological polar surface area (TPSA) is 37.0 Å². The molecule has 1 saturated heterocycles. The van der Waals surface area contributed by atoms with Crippen LogP contribution in [0.25, 0.3) is 0 Å². The Kier molecular flexibility index (Phi) is 8.75. The summed E-state index contributed by atoms with van der Waals surface area (Å²) in [7, 11) is 1.68.